The van der Waals surface area contributed by atoms with Gasteiger partial charge in [-0.05, 0) is 52.3 Å². The van der Waals surface area contributed by atoms with E-state index in [2.05, 4.69) is 27.0 Å². The van der Waals surface area contributed by atoms with Crippen LogP contribution in [-0.2, 0) is 20.8 Å². The third kappa shape index (κ3) is 7.78. The van der Waals surface area contributed by atoms with Crippen molar-refractivity contribution < 1.29 is 14.3 Å². The Labute approximate surface area is 188 Å². The van der Waals surface area contributed by atoms with Crippen molar-refractivity contribution in [2.24, 2.45) is 0 Å². The SMILES string of the molecule is COCCN(Cc1ccc(SC(C)(C)C(=O)OC(C)(C)C)cc1)c1cc(Cl)ncn1. The summed E-state index contributed by atoms with van der Waals surface area (Å²) in [6, 6.07) is 9.89. The summed E-state index contributed by atoms with van der Waals surface area (Å²) in [6.45, 7) is 11.3. The molecule has 0 spiro atoms. The number of halogens is 1. The first-order valence-corrected chi connectivity index (χ1v) is 10.9. The van der Waals surface area contributed by atoms with Gasteiger partial charge in [-0.1, -0.05) is 23.7 Å². The minimum Gasteiger partial charge on any atom is -0.459 e. The van der Waals surface area contributed by atoms with Crippen LogP contribution in [0, 0.1) is 0 Å². The Bertz CT molecular complexity index is 838. The summed E-state index contributed by atoms with van der Waals surface area (Å²) in [6.07, 6.45) is 1.45. The summed E-state index contributed by atoms with van der Waals surface area (Å²) in [4.78, 5) is 23.9. The molecule has 1 aromatic heterocycles. The van der Waals surface area contributed by atoms with E-state index in [1.807, 2.05) is 46.8 Å². The third-order valence-corrected chi connectivity index (χ3v) is 5.46. The molecular formula is C22H30ClN3O3S. The predicted octanol–water partition coefficient (Wildman–Crippen LogP) is 5.00. The highest BCUT2D eigenvalue weighted by Gasteiger charge is 2.33. The summed E-state index contributed by atoms with van der Waals surface area (Å²) in [5.74, 6) is 0.520. The minimum atomic E-state index is -0.684. The molecule has 0 amide bonds. The number of aromatic nitrogens is 2. The summed E-state index contributed by atoms with van der Waals surface area (Å²) in [5, 5.41) is 0.401. The van der Waals surface area contributed by atoms with Gasteiger partial charge in [-0.2, -0.15) is 0 Å². The van der Waals surface area contributed by atoms with E-state index < -0.39 is 10.3 Å². The predicted molar refractivity (Wildman–Crippen MR) is 122 cm³/mol. The molecule has 0 saturated heterocycles. The van der Waals surface area contributed by atoms with Gasteiger partial charge >= 0.3 is 5.97 Å². The zero-order valence-electron chi connectivity index (χ0n) is 18.4. The Hall–Kier alpha value is -1.83. The standard InChI is InChI=1S/C22H30ClN3O3S/c1-21(2,3)29-20(27)22(4,5)30-17-9-7-16(8-10-17)14-26(11-12-28-6)19-13-18(23)24-15-25-19/h7-10,13,15H,11-12,14H2,1-6H3. The van der Waals surface area contributed by atoms with Gasteiger partial charge in [-0.15, -0.1) is 11.8 Å². The van der Waals surface area contributed by atoms with Crippen LogP contribution in [0.5, 0.6) is 0 Å². The van der Waals surface area contributed by atoms with E-state index in [4.69, 9.17) is 21.1 Å². The second-order valence-corrected chi connectivity index (χ2v) is 10.5. The minimum absolute atomic E-state index is 0.226. The lowest BCUT2D eigenvalue weighted by molar-refractivity contribution is -0.156. The summed E-state index contributed by atoms with van der Waals surface area (Å²) in [5.41, 5.74) is 0.606. The zero-order chi connectivity index (χ0) is 22.4. The molecule has 0 atom stereocenters. The van der Waals surface area contributed by atoms with Gasteiger partial charge < -0.3 is 14.4 Å². The van der Waals surface area contributed by atoms with Crippen molar-refractivity contribution in [3.63, 3.8) is 0 Å². The Kier molecular flexibility index (Phi) is 8.52. The number of hydrogen-bond donors (Lipinski definition) is 0. The van der Waals surface area contributed by atoms with Gasteiger partial charge in [0.15, 0.2) is 0 Å². The lowest BCUT2D eigenvalue weighted by Gasteiger charge is -2.28. The molecule has 0 fully saturated rings. The number of nitrogens with zero attached hydrogens (tertiary/aromatic N) is 3. The van der Waals surface area contributed by atoms with Crippen LogP contribution >= 0.6 is 23.4 Å². The van der Waals surface area contributed by atoms with Crippen LogP contribution in [0.4, 0.5) is 5.82 Å². The second kappa shape index (κ2) is 10.5. The molecule has 0 bridgehead atoms. The number of carbonyl (C=O) groups excluding carboxylic acids is 1. The van der Waals surface area contributed by atoms with Crippen molar-refractivity contribution in [2.75, 3.05) is 25.2 Å². The van der Waals surface area contributed by atoms with E-state index >= 15 is 0 Å². The Morgan fingerprint density at radius 1 is 1.13 bits per heavy atom. The van der Waals surface area contributed by atoms with Gasteiger partial charge in [0.25, 0.3) is 0 Å². The number of hydrogen-bond acceptors (Lipinski definition) is 7. The number of anilines is 1. The Balaban J connectivity index is 2.08. The quantitative estimate of drug-likeness (QED) is 0.302. The summed E-state index contributed by atoms with van der Waals surface area (Å²) in [7, 11) is 1.67. The van der Waals surface area contributed by atoms with E-state index in [9.17, 15) is 4.79 Å². The van der Waals surface area contributed by atoms with Crippen LogP contribution in [0.3, 0.4) is 0 Å². The fourth-order valence-electron chi connectivity index (χ4n) is 2.59. The number of methoxy groups -OCH3 is 1. The number of esters is 1. The average molecular weight is 452 g/mol. The highest BCUT2D eigenvalue weighted by Crippen LogP contribution is 2.34. The van der Waals surface area contributed by atoms with Crippen molar-refractivity contribution in [3.05, 3.63) is 47.4 Å². The molecule has 0 saturated carbocycles. The van der Waals surface area contributed by atoms with Crippen molar-refractivity contribution >= 4 is 35.1 Å². The molecule has 2 rings (SSSR count). The van der Waals surface area contributed by atoms with Crippen molar-refractivity contribution in [1.82, 2.24) is 9.97 Å². The molecule has 6 nitrogen and oxygen atoms in total. The number of rotatable bonds is 9. The highest BCUT2D eigenvalue weighted by atomic mass is 35.5. The third-order valence-electron chi connectivity index (χ3n) is 4.07. The Morgan fingerprint density at radius 2 is 1.80 bits per heavy atom. The largest absolute Gasteiger partial charge is 0.459 e. The van der Waals surface area contributed by atoms with Gasteiger partial charge in [0.2, 0.25) is 0 Å². The molecule has 0 aliphatic rings. The van der Waals surface area contributed by atoms with Gasteiger partial charge in [0.05, 0.1) is 6.61 Å². The lowest BCUT2D eigenvalue weighted by atomic mass is 10.1. The van der Waals surface area contributed by atoms with Gasteiger partial charge in [0, 0.05) is 31.2 Å². The zero-order valence-corrected chi connectivity index (χ0v) is 20.0. The maximum atomic E-state index is 12.5. The first-order valence-electron chi connectivity index (χ1n) is 9.73. The maximum absolute atomic E-state index is 12.5. The second-order valence-electron chi connectivity index (χ2n) is 8.37. The van der Waals surface area contributed by atoms with Crippen LogP contribution in [0.1, 0.15) is 40.2 Å². The first-order chi connectivity index (χ1) is 14.0. The van der Waals surface area contributed by atoms with Crippen LogP contribution in [0.2, 0.25) is 5.15 Å². The molecule has 164 valence electrons. The smallest absolute Gasteiger partial charge is 0.322 e. The van der Waals surface area contributed by atoms with E-state index in [0.717, 1.165) is 16.3 Å². The molecule has 2 aromatic rings. The number of carbonyl (C=O) groups is 1. The molecule has 1 aromatic carbocycles. The Morgan fingerprint density at radius 3 is 2.37 bits per heavy atom. The monoisotopic (exact) mass is 451 g/mol. The first kappa shape index (κ1) is 24.4. The van der Waals surface area contributed by atoms with E-state index in [0.29, 0.717) is 24.8 Å². The molecule has 8 heteroatoms. The molecule has 1 heterocycles. The molecule has 0 N–H and O–H groups in total. The molecule has 0 aliphatic carbocycles. The van der Waals surface area contributed by atoms with Crippen LogP contribution in [-0.4, -0.2) is 46.5 Å². The van der Waals surface area contributed by atoms with Crippen molar-refractivity contribution in [1.29, 1.82) is 0 Å². The van der Waals surface area contributed by atoms with Crippen molar-refractivity contribution in [2.45, 2.75) is 56.4 Å². The topological polar surface area (TPSA) is 64.5 Å². The molecule has 0 aliphatic heterocycles. The number of ether oxygens (including phenoxy) is 2. The number of benzene rings is 1. The average Bonchev–Trinajstić information content (AvgIpc) is 2.65. The normalized spacial score (nSPS) is 12.0. The lowest BCUT2D eigenvalue weighted by Crippen LogP contribution is -2.36. The number of thioether (sulfide) groups is 1. The van der Waals surface area contributed by atoms with Crippen LogP contribution in [0.25, 0.3) is 0 Å². The molecule has 30 heavy (non-hydrogen) atoms. The highest BCUT2D eigenvalue weighted by molar-refractivity contribution is 8.01. The molecule has 0 unspecified atom stereocenters. The van der Waals surface area contributed by atoms with Crippen molar-refractivity contribution in [3.8, 4) is 0 Å². The molecular weight excluding hydrogens is 422 g/mol. The summed E-state index contributed by atoms with van der Waals surface area (Å²) >= 11 is 7.51. The van der Waals surface area contributed by atoms with Gasteiger partial charge in [-0.25, -0.2) is 9.97 Å². The fraction of sp³-hybridized carbons (Fsp3) is 0.500. The van der Waals surface area contributed by atoms with E-state index in [1.54, 1.807) is 13.2 Å². The van der Waals surface area contributed by atoms with Gasteiger partial charge in [-0.3, -0.25) is 4.79 Å². The fourth-order valence-corrected chi connectivity index (χ4v) is 3.72. The van der Waals surface area contributed by atoms with E-state index in [1.165, 1.54) is 18.1 Å². The summed E-state index contributed by atoms with van der Waals surface area (Å²) < 4.78 is 10.1. The van der Waals surface area contributed by atoms with Crippen LogP contribution < -0.4 is 4.90 Å². The van der Waals surface area contributed by atoms with Gasteiger partial charge in [0.1, 0.15) is 27.6 Å². The maximum Gasteiger partial charge on any atom is 0.322 e. The van der Waals surface area contributed by atoms with E-state index in [-0.39, 0.29) is 5.97 Å². The molecule has 0 radical (unpaired) electrons. The van der Waals surface area contributed by atoms with Crippen LogP contribution in [0.15, 0.2) is 41.6 Å².